The molecule has 2 heterocycles. The lowest BCUT2D eigenvalue weighted by Gasteiger charge is -2.12. The molecule has 0 saturated heterocycles. The summed E-state index contributed by atoms with van der Waals surface area (Å²) in [5.74, 6) is 5.28. The number of rotatable bonds is 22. The highest BCUT2D eigenvalue weighted by molar-refractivity contribution is 8.76. The van der Waals surface area contributed by atoms with Crippen LogP contribution in [0, 0.1) is 0 Å². The van der Waals surface area contributed by atoms with Gasteiger partial charge >= 0.3 is 0 Å². The first-order chi connectivity index (χ1) is 26.3. The van der Waals surface area contributed by atoms with Crippen LogP contribution >= 0.6 is 21.6 Å². The van der Waals surface area contributed by atoms with E-state index in [1.807, 2.05) is 107 Å². The van der Waals surface area contributed by atoms with Crippen molar-refractivity contribution in [2.24, 2.45) is 0 Å². The molecule has 1 amide bonds. The van der Waals surface area contributed by atoms with E-state index in [0.717, 1.165) is 40.2 Å². The van der Waals surface area contributed by atoms with Gasteiger partial charge in [0.1, 0.15) is 0 Å². The van der Waals surface area contributed by atoms with E-state index in [4.69, 9.17) is 28.4 Å². The summed E-state index contributed by atoms with van der Waals surface area (Å²) in [6.45, 7) is 1.16. The standard InChI is InChI=1S/C41H48N3O8S2/c1-47-35-24-32(25-36(48-2)40(35)51-5)11-9-30-13-18-43(19-14-30)28-34(45)8-7-22-53-54-23-17-42-39(46)29-44-20-15-31(16-21-44)10-12-33-26-37(49-3)41(52-6)38(27-33)50-4/h9-16,18-21,24-27H,7-8,17,22-23,28-29H2,1-6H3/q+1/p+1/b11-9+,12-10+. The summed E-state index contributed by atoms with van der Waals surface area (Å²) < 4.78 is 36.3. The average Bonchev–Trinajstić information content (AvgIpc) is 3.20. The second kappa shape index (κ2) is 22.2. The Morgan fingerprint density at radius 3 is 1.41 bits per heavy atom. The smallest absolute Gasteiger partial charge is 0.286 e. The lowest BCUT2D eigenvalue weighted by Crippen LogP contribution is -2.42. The van der Waals surface area contributed by atoms with Crippen LogP contribution in [-0.2, 0) is 22.7 Å². The Morgan fingerprint density at radius 1 is 0.574 bits per heavy atom. The molecule has 2 aromatic heterocycles. The first kappa shape index (κ1) is 41.6. The highest BCUT2D eigenvalue weighted by Crippen LogP contribution is 2.39. The molecular weight excluding hydrogens is 727 g/mol. The topological polar surface area (TPSA) is 109 Å². The van der Waals surface area contributed by atoms with Gasteiger partial charge in [-0.15, -0.1) is 0 Å². The molecule has 0 bridgehead atoms. The maximum Gasteiger partial charge on any atom is 0.286 e. The number of ketones is 1. The quantitative estimate of drug-likeness (QED) is 0.0564. The summed E-state index contributed by atoms with van der Waals surface area (Å²) in [5.41, 5.74) is 3.81. The normalized spacial score (nSPS) is 11.1. The van der Waals surface area contributed by atoms with Crippen LogP contribution in [0.4, 0.5) is 0 Å². The van der Waals surface area contributed by atoms with Crippen LogP contribution in [0.3, 0.4) is 0 Å². The van der Waals surface area contributed by atoms with Crippen LogP contribution in [0.1, 0.15) is 35.1 Å². The van der Waals surface area contributed by atoms with Crippen LogP contribution in [0.2, 0.25) is 0 Å². The van der Waals surface area contributed by atoms with Crippen molar-refractivity contribution < 1.29 is 47.1 Å². The monoisotopic (exact) mass is 775 g/mol. The molecule has 0 atom stereocenters. The molecule has 54 heavy (non-hydrogen) atoms. The molecular formula is C41H49N3O8S2+2. The Labute approximate surface area is 325 Å². The Bertz CT molecular complexity index is 1700. The van der Waals surface area contributed by atoms with Crippen molar-refractivity contribution in [2.75, 3.05) is 60.7 Å². The van der Waals surface area contributed by atoms with Gasteiger partial charge in [-0.25, -0.2) is 0 Å². The number of hydrogen-bond donors (Lipinski definition) is 1. The van der Waals surface area contributed by atoms with Crippen LogP contribution in [-0.4, -0.2) is 72.4 Å². The predicted octanol–water partition coefficient (Wildman–Crippen LogP) is 6.20. The van der Waals surface area contributed by atoms with Gasteiger partial charge in [-0.1, -0.05) is 45.9 Å². The lowest BCUT2D eigenvalue weighted by molar-refractivity contribution is -0.684. The van der Waals surface area contributed by atoms with E-state index >= 15 is 0 Å². The van der Waals surface area contributed by atoms with Gasteiger partial charge in [-0.2, -0.15) is 9.13 Å². The molecule has 0 radical (unpaired) electrons. The number of benzene rings is 2. The number of nitrogens with one attached hydrogen (secondary N) is 1. The zero-order valence-electron chi connectivity index (χ0n) is 31.7. The highest BCUT2D eigenvalue weighted by atomic mass is 33.1. The number of methoxy groups -OCH3 is 6. The van der Waals surface area contributed by atoms with Crippen molar-refractivity contribution in [3.63, 3.8) is 0 Å². The van der Waals surface area contributed by atoms with Crippen LogP contribution in [0.25, 0.3) is 24.3 Å². The number of aromatic nitrogens is 2. The summed E-state index contributed by atoms with van der Waals surface area (Å²) in [5, 5.41) is 2.98. The fourth-order valence-electron chi connectivity index (χ4n) is 5.33. The molecule has 0 aliphatic heterocycles. The fraction of sp³-hybridized carbons (Fsp3) is 0.317. The van der Waals surface area contributed by atoms with Gasteiger partial charge in [0.15, 0.2) is 53.6 Å². The molecule has 4 rings (SSSR count). The maximum atomic E-state index is 12.6. The summed E-state index contributed by atoms with van der Waals surface area (Å²) >= 11 is 0. The lowest BCUT2D eigenvalue weighted by atomic mass is 10.1. The number of Topliss-reactive ketones (excluding diaryl/α,β-unsaturated/α-hetero) is 1. The van der Waals surface area contributed by atoms with E-state index in [0.29, 0.717) is 54.0 Å². The third-order valence-electron chi connectivity index (χ3n) is 8.10. The summed E-state index contributed by atoms with van der Waals surface area (Å²) in [6, 6.07) is 15.4. The minimum Gasteiger partial charge on any atom is -0.493 e. The Hall–Kier alpha value is -5.14. The van der Waals surface area contributed by atoms with Crippen LogP contribution < -0.4 is 42.9 Å². The van der Waals surface area contributed by atoms with E-state index in [1.165, 1.54) is 0 Å². The Kier molecular flexibility index (Phi) is 17.1. The van der Waals surface area contributed by atoms with Gasteiger partial charge in [0.05, 0.1) is 42.7 Å². The predicted molar refractivity (Wildman–Crippen MR) is 215 cm³/mol. The second-order valence-corrected chi connectivity index (χ2v) is 14.5. The first-order valence-corrected chi connectivity index (χ1v) is 19.8. The molecule has 2 aromatic carbocycles. The van der Waals surface area contributed by atoms with Crippen molar-refractivity contribution in [3.8, 4) is 34.5 Å². The number of pyridine rings is 2. The molecule has 0 unspecified atom stereocenters. The number of amides is 1. The number of ether oxygens (including phenoxy) is 6. The summed E-state index contributed by atoms with van der Waals surface area (Å²) in [7, 11) is 12.9. The van der Waals surface area contributed by atoms with Crippen LogP contribution in [0.5, 0.6) is 34.5 Å². The van der Waals surface area contributed by atoms with Crippen molar-refractivity contribution >= 4 is 57.6 Å². The van der Waals surface area contributed by atoms with Crippen molar-refractivity contribution in [1.29, 1.82) is 0 Å². The highest BCUT2D eigenvalue weighted by Gasteiger charge is 2.14. The number of carbonyl (C=O) groups excluding carboxylic acids is 2. The molecule has 286 valence electrons. The number of hydrogen-bond acceptors (Lipinski definition) is 10. The third-order valence-corrected chi connectivity index (χ3v) is 10.6. The van der Waals surface area contributed by atoms with Gasteiger partial charge in [-0.3, -0.25) is 9.59 Å². The van der Waals surface area contributed by atoms with Gasteiger partial charge in [0, 0.05) is 48.7 Å². The molecule has 0 saturated carbocycles. The van der Waals surface area contributed by atoms with E-state index in [-0.39, 0.29) is 18.2 Å². The van der Waals surface area contributed by atoms with Gasteiger partial charge in [0.25, 0.3) is 5.91 Å². The zero-order valence-corrected chi connectivity index (χ0v) is 33.3. The molecule has 11 nitrogen and oxygen atoms in total. The van der Waals surface area contributed by atoms with E-state index in [1.54, 1.807) is 64.2 Å². The SMILES string of the molecule is COc1cc(/C=C/c2cc[n+](CC(=O)CCCSSCCNC(=O)C[n+]3ccc(/C=C/c4cc(OC)c(OC)c(OC)c4)cc3)cc2)cc(OC)c1OC. The van der Waals surface area contributed by atoms with Gasteiger partial charge < -0.3 is 33.7 Å². The number of carbonyl (C=O) groups is 2. The van der Waals surface area contributed by atoms with Gasteiger partial charge in [0.2, 0.25) is 24.6 Å². The van der Waals surface area contributed by atoms with E-state index in [2.05, 4.69) is 5.32 Å². The van der Waals surface area contributed by atoms with Crippen molar-refractivity contribution in [2.45, 2.75) is 25.9 Å². The fourth-order valence-corrected chi connectivity index (χ4v) is 7.33. The molecule has 1 N–H and O–H groups in total. The van der Waals surface area contributed by atoms with Crippen LogP contribution in [0.15, 0.2) is 73.3 Å². The number of nitrogens with zero attached hydrogens (tertiary/aromatic N) is 2. The van der Waals surface area contributed by atoms with E-state index < -0.39 is 0 Å². The second-order valence-electron chi connectivity index (χ2n) is 11.8. The summed E-state index contributed by atoms with van der Waals surface area (Å²) in [4.78, 5) is 25.0. The van der Waals surface area contributed by atoms with Crippen molar-refractivity contribution in [1.82, 2.24) is 5.32 Å². The minimum absolute atomic E-state index is 0.0444. The molecule has 0 aliphatic rings. The zero-order chi connectivity index (χ0) is 38.7. The molecule has 0 aliphatic carbocycles. The third kappa shape index (κ3) is 12.8. The molecule has 4 aromatic rings. The van der Waals surface area contributed by atoms with Gasteiger partial charge in [-0.05, 0) is 52.9 Å². The summed E-state index contributed by atoms with van der Waals surface area (Å²) in [6.07, 6.45) is 16.8. The van der Waals surface area contributed by atoms with Crippen molar-refractivity contribution in [3.05, 3.63) is 95.6 Å². The molecule has 0 fully saturated rings. The molecule has 0 spiro atoms. The first-order valence-electron chi connectivity index (χ1n) is 17.3. The average molecular weight is 776 g/mol. The molecule has 13 heteroatoms. The largest absolute Gasteiger partial charge is 0.493 e. The minimum atomic E-state index is -0.0444. The Morgan fingerprint density at radius 2 is 0.981 bits per heavy atom. The Balaban J connectivity index is 1.08. The maximum absolute atomic E-state index is 12.6. The van der Waals surface area contributed by atoms with E-state index in [9.17, 15) is 9.59 Å².